The number of carbonyl (C=O) groups is 2. The highest BCUT2D eigenvalue weighted by Gasteiger charge is 2.14. The lowest BCUT2D eigenvalue weighted by Gasteiger charge is -2.06. The summed E-state index contributed by atoms with van der Waals surface area (Å²) < 4.78 is 1.67. The van der Waals surface area contributed by atoms with Gasteiger partial charge < -0.3 is 10.4 Å². The van der Waals surface area contributed by atoms with Crippen molar-refractivity contribution in [2.75, 3.05) is 5.32 Å². The molecule has 0 saturated carbocycles. The Hall–Kier alpha value is -2.63. The summed E-state index contributed by atoms with van der Waals surface area (Å²) in [6, 6.07) is 6.40. The van der Waals surface area contributed by atoms with Crippen LogP contribution in [0, 0.1) is 13.8 Å². The molecule has 0 unspecified atom stereocenters. The van der Waals surface area contributed by atoms with Crippen LogP contribution in [0.2, 0.25) is 0 Å². The summed E-state index contributed by atoms with van der Waals surface area (Å²) in [5, 5.41) is 16.0. The molecule has 0 bridgehead atoms. The standard InChI is InChI=1S/C14H15N3O3/c1-8-13(15-10(3)18)9(2)17(16-8)12-6-4-11(5-7-12)14(19)20/h4-7H,1-3H3,(H,15,18)(H,19,20). The van der Waals surface area contributed by atoms with Crippen molar-refractivity contribution in [1.82, 2.24) is 9.78 Å². The highest BCUT2D eigenvalue weighted by Crippen LogP contribution is 2.22. The molecule has 2 N–H and O–H groups in total. The largest absolute Gasteiger partial charge is 0.478 e. The van der Waals surface area contributed by atoms with E-state index in [1.807, 2.05) is 6.92 Å². The predicted molar refractivity (Wildman–Crippen MR) is 74.3 cm³/mol. The van der Waals surface area contributed by atoms with Gasteiger partial charge in [0.15, 0.2) is 0 Å². The number of aryl methyl sites for hydroxylation is 1. The first-order valence-corrected chi connectivity index (χ1v) is 6.07. The molecular weight excluding hydrogens is 258 g/mol. The molecule has 0 fully saturated rings. The van der Waals surface area contributed by atoms with Gasteiger partial charge in [-0.05, 0) is 38.1 Å². The van der Waals surface area contributed by atoms with Crippen LogP contribution in [0.25, 0.3) is 5.69 Å². The summed E-state index contributed by atoms with van der Waals surface area (Å²) in [6.07, 6.45) is 0. The van der Waals surface area contributed by atoms with E-state index >= 15 is 0 Å². The van der Waals surface area contributed by atoms with Crippen molar-refractivity contribution < 1.29 is 14.7 Å². The third-order valence-electron chi connectivity index (χ3n) is 2.95. The maximum absolute atomic E-state index is 11.2. The Morgan fingerprint density at radius 2 is 1.80 bits per heavy atom. The van der Waals surface area contributed by atoms with Crippen LogP contribution in [0.1, 0.15) is 28.7 Å². The van der Waals surface area contributed by atoms with E-state index in [0.717, 1.165) is 11.4 Å². The van der Waals surface area contributed by atoms with Crippen LogP contribution >= 0.6 is 0 Å². The van der Waals surface area contributed by atoms with Crippen molar-refractivity contribution in [3.8, 4) is 5.69 Å². The second kappa shape index (κ2) is 5.16. The van der Waals surface area contributed by atoms with Crippen LogP contribution in [-0.4, -0.2) is 26.8 Å². The molecule has 0 spiro atoms. The quantitative estimate of drug-likeness (QED) is 0.897. The van der Waals surface area contributed by atoms with Crippen LogP contribution in [-0.2, 0) is 4.79 Å². The number of nitrogens with one attached hydrogen (secondary N) is 1. The van der Waals surface area contributed by atoms with Crippen molar-refractivity contribution in [1.29, 1.82) is 0 Å². The number of rotatable bonds is 3. The summed E-state index contributed by atoms with van der Waals surface area (Å²) in [4.78, 5) is 22.0. The van der Waals surface area contributed by atoms with Gasteiger partial charge in [-0.15, -0.1) is 0 Å². The Kier molecular flexibility index (Phi) is 3.56. The van der Waals surface area contributed by atoms with Gasteiger partial charge in [0.2, 0.25) is 5.91 Å². The first-order valence-electron chi connectivity index (χ1n) is 6.07. The van der Waals surface area contributed by atoms with Crippen LogP contribution in [0.4, 0.5) is 5.69 Å². The van der Waals surface area contributed by atoms with Crippen LogP contribution < -0.4 is 5.32 Å². The number of anilines is 1. The van der Waals surface area contributed by atoms with Crippen LogP contribution in [0.3, 0.4) is 0 Å². The van der Waals surface area contributed by atoms with Gasteiger partial charge in [-0.3, -0.25) is 4.79 Å². The third-order valence-corrected chi connectivity index (χ3v) is 2.95. The van der Waals surface area contributed by atoms with Crippen molar-refractivity contribution >= 4 is 17.6 Å². The fourth-order valence-electron chi connectivity index (χ4n) is 2.00. The van der Waals surface area contributed by atoms with Gasteiger partial charge in [-0.2, -0.15) is 5.10 Å². The number of benzene rings is 1. The summed E-state index contributed by atoms with van der Waals surface area (Å²) in [5.41, 5.74) is 3.14. The molecule has 0 atom stereocenters. The molecule has 1 amide bonds. The first kappa shape index (κ1) is 13.8. The van der Waals surface area contributed by atoms with Gasteiger partial charge in [-0.1, -0.05) is 0 Å². The van der Waals surface area contributed by atoms with E-state index in [-0.39, 0.29) is 11.5 Å². The van der Waals surface area contributed by atoms with E-state index in [4.69, 9.17) is 5.11 Å². The molecule has 1 aromatic carbocycles. The zero-order valence-electron chi connectivity index (χ0n) is 11.5. The minimum Gasteiger partial charge on any atom is -0.478 e. The van der Waals surface area contributed by atoms with Crippen LogP contribution in [0.15, 0.2) is 24.3 Å². The molecule has 0 aliphatic rings. The summed E-state index contributed by atoms with van der Waals surface area (Å²) in [6.45, 7) is 5.09. The molecule has 6 heteroatoms. The lowest BCUT2D eigenvalue weighted by atomic mass is 10.2. The summed E-state index contributed by atoms with van der Waals surface area (Å²) >= 11 is 0. The normalized spacial score (nSPS) is 10.3. The zero-order chi connectivity index (χ0) is 14.9. The second-order valence-electron chi connectivity index (χ2n) is 4.49. The van der Waals surface area contributed by atoms with E-state index in [1.165, 1.54) is 19.1 Å². The average Bonchev–Trinajstić information content (AvgIpc) is 2.66. The lowest BCUT2D eigenvalue weighted by Crippen LogP contribution is -2.07. The number of carboxylic acid groups (broad SMARTS) is 1. The summed E-state index contributed by atoms with van der Waals surface area (Å²) in [7, 11) is 0. The molecule has 2 rings (SSSR count). The Labute approximate surface area is 116 Å². The van der Waals surface area contributed by atoms with Gasteiger partial charge in [0.1, 0.15) is 0 Å². The minimum absolute atomic E-state index is 0.156. The topological polar surface area (TPSA) is 84.2 Å². The van der Waals surface area contributed by atoms with E-state index in [9.17, 15) is 9.59 Å². The molecule has 0 aliphatic carbocycles. The molecule has 104 valence electrons. The fraction of sp³-hybridized carbons (Fsp3) is 0.214. The number of carboxylic acids is 1. The monoisotopic (exact) mass is 273 g/mol. The van der Waals surface area contributed by atoms with Gasteiger partial charge in [-0.25, -0.2) is 9.48 Å². The average molecular weight is 273 g/mol. The molecule has 6 nitrogen and oxygen atoms in total. The van der Waals surface area contributed by atoms with Gasteiger partial charge in [0, 0.05) is 6.92 Å². The van der Waals surface area contributed by atoms with Gasteiger partial charge in [0.25, 0.3) is 0 Å². The molecule has 1 aromatic heterocycles. The van der Waals surface area contributed by atoms with Crippen LogP contribution in [0.5, 0.6) is 0 Å². The number of aromatic carboxylic acids is 1. The minimum atomic E-state index is -0.969. The molecular formula is C14H15N3O3. The smallest absolute Gasteiger partial charge is 0.335 e. The van der Waals surface area contributed by atoms with Crippen molar-refractivity contribution in [2.45, 2.75) is 20.8 Å². The van der Waals surface area contributed by atoms with Crippen molar-refractivity contribution in [3.63, 3.8) is 0 Å². The first-order chi connectivity index (χ1) is 9.40. The van der Waals surface area contributed by atoms with Gasteiger partial charge in [0.05, 0.1) is 28.3 Å². The third kappa shape index (κ3) is 2.54. The van der Waals surface area contributed by atoms with E-state index in [1.54, 1.807) is 23.7 Å². The van der Waals surface area contributed by atoms with E-state index < -0.39 is 5.97 Å². The maximum atomic E-state index is 11.2. The number of hydrogen-bond acceptors (Lipinski definition) is 3. The molecule has 20 heavy (non-hydrogen) atoms. The van der Waals surface area contributed by atoms with Crippen molar-refractivity contribution in [2.24, 2.45) is 0 Å². The Balaban J connectivity index is 2.43. The molecule has 2 aromatic rings. The highest BCUT2D eigenvalue weighted by molar-refractivity contribution is 5.90. The molecule has 0 radical (unpaired) electrons. The number of hydrogen-bond donors (Lipinski definition) is 2. The Morgan fingerprint density at radius 1 is 1.20 bits per heavy atom. The van der Waals surface area contributed by atoms with E-state index in [0.29, 0.717) is 11.4 Å². The maximum Gasteiger partial charge on any atom is 0.335 e. The SMILES string of the molecule is CC(=O)Nc1c(C)nn(-c2ccc(C(=O)O)cc2)c1C. The summed E-state index contributed by atoms with van der Waals surface area (Å²) in [5.74, 6) is -1.12. The predicted octanol–water partition coefficient (Wildman–Crippen LogP) is 2.15. The highest BCUT2D eigenvalue weighted by atomic mass is 16.4. The Morgan fingerprint density at radius 3 is 2.30 bits per heavy atom. The number of amides is 1. The second-order valence-corrected chi connectivity index (χ2v) is 4.49. The molecule has 0 saturated heterocycles. The Bertz CT molecular complexity index is 672. The lowest BCUT2D eigenvalue weighted by molar-refractivity contribution is -0.114. The van der Waals surface area contributed by atoms with Crippen molar-refractivity contribution in [3.05, 3.63) is 41.2 Å². The fourth-order valence-corrected chi connectivity index (χ4v) is 2.00. The molecule has 0 aliphatic heterocycles. The number of nitrogens with zero attached hydrogens (tertiary/aromatic N) is 2. The number of aromatic nitrogens is 2. The number of carbonyl (C=O) groups excluding carboxylic acids is 1. The van der Waals surface area contributed by atoms with Gasteiger partial charge >= 0.3 is 5.97 Å². The molecule has 1 heterocycles. The zero-order valence-corrected chi connectivity index (χ0v) is 11.5. The van der Waals surface area contributed by atoms with E-state index in [2.05, 4.69) is 10.4 Å².